The summed E-state index contributed by atoms with van der Waals surface area (Å²) in [4.78, 5) is 23.3. The maximum atomic E-state index is 11.9. The SMILES string of the molecule is Cc1cc([C@@H]2C(=O)CC(=O)CC2(C)C)on1. The van der Waals surface area contributed by atoms with Crippen LogP contribution in [0.1, 0.15) is 44.1 Å². The fraction of sp³-hybridized carbons (Fsp3) is 0.583. The zero-order chi connectivity index (χ0) is 11.9. The van der Waals surface area contributed by atoms with E-state index in [9.17, 15) is 9.59 Å². The zero-order valence-electron chi connectivity index (χ0n) is 9.74. The lowest BCUT2D eigenvalue weighted by Gasteiger charge is -2.34. The molecule has 1 aliphatic rings. The van der Waals surface area contributed by atoms with E-state index in [1.165, 1.54) is 0 Å². The molecule has 0 N–H and O–H groups in total. The fourth-order valence-corrected chi connectivity index (χ4v) is 2.47. The van der Waals surface area contributed by atoms with Crippen LogP contribution >= 0.6 is 0 Å². The fourth-order valence-electron chi connectivity index (χ4n) is 2.47. The van der Waals surface area contributed by atoms with E-state index in [2.05, 4.69) is 5.16 Å². The van der Waals surface area contributed by atoms with Crippen LogP contribution in [0.3, 0.4) is 0 Å². The number of hydrogen-bond acceptors (Lipinski definition) is 4. The summed E-state index contributed by atoms with van der Waals surface area (Å²) in [5.74, 6) is 0.200. The van der Waals surface area contributed by atoms with Crippen molar-refractivity contribution in [3.8, 4) is 0 Å². The van der Waals surface area contributed by atoms with E-state index in [1.807, 2.05) is 20.8 Å². The summed E-state index contributed by atoms with van der Waals surface area (Å²) in [5.41, 5.74) is 0.383. The average molecular weight is 221 g/mol. The Kier molecular flexibility index (Phi) is 2.45. The number of hydrogen-bond donors (Lipinski definition) is 0. The van der Waals surface area contributed by atoms with Crippen LogP contribution in [0.15, 0.2) is 10.6 Å². The molecule has 86 valence electrons. The molecule has 0 amide bonds. The number of ketones is 2. The maximum Gasteiger partial charge on any atom is 0.151 e. The lowest BCUT2D eigenvalue weighted by atomic mass is 9.67. The predicted octanol–water partition coefficient (Wildman–Crippen LogP) is 2.02. The van der Waals surface area contributed by atoms with Gasteiger partial charge in [0.15, 0.2) is 5.78 Å². The number of carbonyl (C=O) groups excluding carboxylic acids is 2. The molecule has 1 fully saturated rings. The molecule has 0 spiro atoms. The Morgan fingerprint density at radius 1 is 1.44 bits per heavy atom. The van der Waals surface area contributed by atoms with Crippen LogP contribution in [0, 0.1) is 12.3 Å². The van der Waals surface area contributed by atoms with Crippen molar-refractivity contribution >= 4 is 11.6 Å². The van der Waals surface area contributed by atoms with E-state index >= 15 is 0 Å². The number of Topliss-reactive ketones (excluding diaryl/α,β-unsaturated/α-hetero) is 2. The maximum absolute atomic E-state index is 11.9. The highest BCUT2D eigenvalue weighted by Gasteiger charge is 2.44. The van der Waals surface area contributed by atoms with Gasteiger partial charge < -0.3 is 4.52 Å². The molecule has 0 saturated heterocycles. The Morgan fingerprint density at radius 2 is 2.12 bits per heavy atom. The van der Waals surface area contributed by atoms with Crippen molar-refractivity contribution in [1.82, 2.24) is 5.16 Å². The molecule has 1 aromatic heterocycles. The Bertz CT molecular complexity index is 445. The standard InChI is InChI=1S/C12H15NO3/c1-7-4-10(16-13-7)11-9(15)5-8(14)6-12(11,2)3/h4,11H,5-6H2,1-3H3/t11-/m0/s1. The predicted molar refractivity (Wildman–Crippen MR) is 57.0 cm³/mol. The molecule has 1 atom stereocenters. The molecule has 1 saturated carbocycles. The Hall–Kier alpha value is -1.45. The van der Waals surface area contributed by atoms with Crippen molar-refractivity contribution < 1.29 is 14.1 Å². The Labute approximate surface area is 94.0 Å². The largest absolute Gasteiger partial charge is 0.360 e. The number of aryl methyl sites for hydroxylation is 1. The highest BCUT2D eigenvalue weighted by atomic mass is 16.5. The normalized spacial score (nSPS) is 24.8. The van der Waals surface area contributed by atoms with Gasteiger partial charge in [0.1, 0.15) is 11.5 Å². The summed E-state index contributed by atoms with van der Waals surface area (Å²) < 4.78 is 5.16. The highest BCUT2D eigenvalue weighted by Crippen LogP contribution is 2.43. The van der Waals surface area contributed by atoms with Crippen molar-refractivity contribution in [1.29, 1.82) is 0 Å². The third-order valence-electron chi connectivity index (χ3n) is 3.06. The van der Waals surface area contributed by atoms with Crippen molar-refractivity contribution in [3.63, 3.8) is 0 Å². The van der Waals surface area contributed by atoms with E-state index in [1.54, 1.807) is 6.07 Å². The third kappa shape index (κ3) is 1.79. The topological polar surface area (TPSA) is 60.2 Å². The van der Waals surface area contributed by atoms with Crippen LogP contribution in [-0.4, -0.2) is 16.7 Å². The molecule has 4 nitrogen and oxygen atoms in total. The first-order chi connectivity index (χ1) is 7.40. The van der Waals surface area contributed by atoms with Crippen LogP contribution in [0.4, 0.5) is 0 Å². The summed E-state index contributed by atoms with van der Waals surface area (Å²) >= 11 is 0. The second kappa shape index (κ2) is 3.54. The van der Waals surface area contributed by atoms with Crippen LogP contribution in [0.2, 0.25) is 0 Å². The summed E-state index contributed by atoms with van der Waals surface area (Å²) in [6, 6.07) is 1.78. The molecule has 0 aliphatic heterocycles. The van der Waals surface area contributed by atoms with Crippen molar-refractivity contribution in [2.75, 3.05) is 0 Å². The molecule has 0 bridgehead atoms. The minimum atomic E-state index is -0.377. The Morgan fingerprint density at radius 3 is 2.62 bits per heavy atom. The van der Waals surface area contributed by atoms with Crippen LogP contribution < -0.4 is 0 Å². The molecule has 0 aromatic carbocycles. The number of aromatic nitrogens is 1. The quantitative estimate of drug-likeness (QED) is 0.681. The first-order valence-electron chi connectivity index (χ1n) is 5.38. The highest BCUT2D eigenvalue weighted by molar-refractivity contribution is 6.05. The van der Waals surface area contributed by atoms with Gasteiger partial charge in [-0.3, -0.25) is 9.59 Å². The van der Waals surface area contributed by atoms with E-state index in [0.29, 0.717) is 12.2 Å². The lowest BCUT2D eigenvalue weighted by molar-refractivity contribution is -0.135. The molecular formula is C12H15NO3. The van der Waals surface area contributed by atoms with Gasteiger partial charge in [0.2, 0.25) is 0 Å². The summed E-state index contributed by atoms with van der Waals surface area (Å²) in [7, 11) is 0. The second-order valence-corrected chi connectivity index (χ2v) is 5.15. The van der Waals surface area contributed by atoms with E-state index in [0.717, 1.165) is 5.69 Å². The Balaban J connectivity index is 2.38. The van der Waals surface area contributed by atoms with Gasteiger partial charge in [0, 0.05) is 12.5 Å². The second-order valence-electron chi connectivity index (χ2n) is 5.15. The first kappa shape index (κ1) is 11.0. The average Bonchev–Trinajstić information content (AvgIpc) is 2.47. The molecular weight excluding hydrogens is 206 g/mol. The van der Waals surface area contributed by atoms with Crippen LogP contribution in [0.25, 0.3) is 0 Å². The first-order valence-corrected chi connectivity index (χ1v) is 5.38. The zero-order valence-corrected chi connectivity index (χ0v) is 9.74. The number of carbonyl (C=O) groups is 2. The van der Waals surface area contributed by atoms with Gasteiger partial charge in [-0.15, -0.1) is 0 Å². The van der Waals surface area contributed by atoms with Crippen molar-refractivity contribution in [2.24, 2.45) is 5.41 Å². The molecule has 1 heterocycles. The summed E-state index contributed by atoms with van der Waals surface area (Å²) in [6.07, 6.45) is 0.441. The molecule has 0 radical (unpaired) electrons. The monoisotopic (exact) mass is 221 g/mol. The van der Waals surface area contributed by atoms with Crippen LogP contribution in [0.5, 0.6) is 0 Å². The van der Waals surface area contributed by atoms with Crippen LogP contribution in [-0.2, 0) is 9.59 Å². The molecule has 0 unspecified atom stereocenters. The van der Waals surface area contributed by atoms with E-state index in [-0.39, 0.29) is 29.3 Å². The van der Waals surface area contributed by atoms with Gasteiger partial charge in [-0.2, -0.15) is 0 Å². The minimum Gasteiger partial charge on any atom is -0.360 e. The number of rotatable bonds is 1. The van der Waals surface area contributed by atoms with Crippen molar-refractivity contribution in [3.05, 3.63) is 17.5 Å². The molecule has 2 rings (SSSR count). The number of nitrogens with zero attached hydrogens (tertiary/aromatic N) is 1. The molecule has 4 heteroatoms. The van der Waals surface area contributed by atoms with E-state index in [4.69, 9.17) is 4.52 Å². The van der Waals surface area contributed by atoms with Gasteiger partial charge >= 0.3 is 0 Å². The molecule has 1 aromatic rings. The lowest BCUT2D eigenvalue weighted by Crippen LogP contribution is -2.37. The van der Waals surface area contributed by atoms with E-state index < -0.39 is 0 Å². The molecule has 1 aliphatic carbocycles. The van der Waals surface area contributed by atoms with Gasteiger partial charge in [0.05, 0.1) is 18.0 Å². The minimum absolute atomic E-state index is 0.0162. The van der Waals surface area contributed by atoms with Crippen molar-refractivity contribution in [2.45, 2.75) is 39.5 Å². The molecule has 16 heavy (non-hydrogen) atoms. The van der Waals surface area contributed by atoms with Gasteiger partial charge in [0.25, 0.3) is 0 Å². The van der Waals surface area contributed by atoms with Gasteiger partial charge in [-0.05, 0) is 12.3 Å². The summed E-state index contributed by atoms with van der Waals surface area (Å²) in [5, 5.41) is 3.80. The van der Waals surface area contributed by atoms with Gasteiger partial charge in [-0.25, -0.2) is 0 Å². The third-order valence-corrected chi connectivity index (χ3v) is 3.06. The van der Waals surface area contributed by atoms with Gasteiger partial charge in [-0.1, -0.05) is 19.0 Å². The summed E-state index contributed by atoms with van der Waals surface area (Å²) in [6.45, 7) is 5.66. The smallest absolute Gasteiger partial charge is 0.151 e.